The number of esters is 1. The third-order valence-corrected chi connectivity index (χ3v) is 16.9. The fraction of sp³-hybridized carbons (Fsp3) is 0.836. The molecule has 0 aliphatic heterocycles. The molecule has 1 amide bonds. The average Bonchev–Trinajstić information content (AvgIpc) is 3.47. The number of hydrogen-bond donors (Lipinski definition) is 1. The first kappa shape index (κ1) is 80.7. The topological polar surface area (TPSA) is 114 Å². The van der Waals surface area contributed by atoms with Gasteiger partial charge in [0.15, 0.2) is 0 Å². The number of likely N-dealkylation sites (N-methyl/N-ethyl adjacent to an activating group) is 1. The molecule has 3 atom stereocenters. The zero-order valence-corrected chi connectivity index (χ0v) is 56.6. The summed E-state index contributed by atoms with van der Waals surface area (Å²) in [6.07, 6.45) is 80.5. The van der Waals surface area contributed by atoms with Crippen LogP contribution in [0, 0.1) is 0 Å². The number of phosphoric acid groups is 1. The molecule has 0 aromatic rings. The highest BCUT2D eigenvalue weighted by Crippen LogP contribution is 2.38. The van der Waals surface area contributed by atoms with E-state index in [4.69, 9.17) is 13.8 Å². The minimum atomic E-state index is -4.70. The first-order valence-corrected chi connectivity index (χ1v) is 37.1. The molecule has 0 saturated carbocycles. The molecule has 0 fully saturated rings. The van der Waals surface area contributed by atoms with Gasteiger partial charge in [-0.15, -0.1) is 0 Å². The molecular weight excluding hydrogens is 1050 g/mol. The Balaban J connectivity index is 5.06. The Kier molecular flexibility index (Phi) is 61.0. The predicted molar refractivity (Wildman–Crippen MR) is 358 cm³/mol. The minimum Gasteiger partial charge on any atom is -0.756 e. The highest BCUT2D eigenvalue weighted by Gasteiger charge is 2.27. The van der Waals surface area contributed by atoms with Gasteiger partial charge in [-0.05, 0) is 76.7 Å². The van der Waals surface area contributed by atoms with Crippen LogP contribution in [0.3, 0.4) is 0 Å². The van der Waals surface area contributed by atoms with Crippen LogP contribution in [0.25, 0.3) is 0 Å². The van der Waals surface area contributed by atoms with Gasteiger partial charge < -0.3 is 28.5 Å². The molecule has 0 bridgehead atoms. The lowest BCUT2D eigenvalue weighted by Gasteiger charge is -2.30. The average molecular weight is 1190 g/mol. The SMILES string of the molecule is CCCCC/C=C\C/C=C\C/C=C\C/C=C\CCCCCCCCCCCCCC(=O)NC(COP(=O)([O-])OCC[N+](C)(C)C)C(/C=C\CCCCCCCCCCCCC)OC(=O)CCCCCCCCCCCCCCCCCCC. The summed E-state index contributed by atoms with van der Waals surface area (Å²) in [6.45, 7) is 6.86. The van der Waals surface area contributed by atoms with Crippen LogP contribution in [0.5, 0.6) is 0 Å². The van der Waals surface area contributed by atoms with Crippen molar-refractivity contribution in [1.29, 1.82) is 0 Å². The number of nitrogens with zero attached hydrogens (tertiary/aromatic N) is 1. The van der Waals surface area contributed by atoms with E-state index in [2.05, 4.69) is 74.7 Å². The Bertz CT molecular complexity index is 1600. The lowest BCUT2D eigenvalue weighted by molar-refractivity contribution is -0.870. The van der Waals surface area contributed by atoms with Crippen molar-refractivity contribution in [2.24, 2.45) is 0 Å². The molecular formula is C73H137N2O7P. The molecule has 0 saturated heterocycles. The van der Waals surface area contributed by atoms with E-state index < -0.39 is 20.0 Å². The van der Waals surface area contributed by atoms with Crippen LogP contribution >= 0.6 is 7.82 Å². The number of amides is 1. The number of allylic oxidation sites excluding steroid dienone is 9. The van der Waals surface area contributed by atoms with Crippen LogP contribution < -0.4 is 10.2 Å². The smallest absolute Gasteiger partial charge is 0.306 e. The van der Waals surface area contributed by atoms with Crippen LogP contribution in [-0.4, -0.2) is 69.4 Å². The van der Waals surface area contributed by atoms with Gasteiger partial charge in [-0.25, -0.2) is 0 Å². The van der Waals surface area contributed by atoms with E-state index in [9.17, 15) is 19.0 Å². The molecule has 10 heteroatoms. The van der Waals surface area contributed by atoms with Crippen molar-refractivity contribution in [2.45, 2.75) is 354 Å². The highest BCUT2D eigenvalue weighted by molar-refractivity contribution is 7.45. The molecule has 0 radical (unpaired) electrons. The number of phosphoric ester groups is 1. The molecule has 0 heterocycles. The maximum atomic E-state index is 13.6. The molecule has 3 unspecified atom stereocenters. The van der Waals surface area contributed by atoms with Crippen molar-refractivity contribution in [3.63, 3.8) is 0 Å². The molecule has 0 spiro atoms. The molecule has 1 N–H and O–H groups in total. The molecule has 0 aromatic carbocycles. The van der Waals surface area contributed by atoms with E-state index >= 15 is 0 Å². The van der Waals surface area contributed by atoms with E-state index in [1.165, 1.54) is 231 Å². The maximum absolute atomic E-state index is 13.6. The number of quaternary nitrogens is 1. The van der Waals surface area contributed by atoms with Crippen LogP contribution in [-0.2, 0) is 27.9 Å². The first-order chi connectivity index (χ1) is 40.4. The van der Waals surface area contributed by atoms with Gasteiger partial charge in [-0.3, -0.25) is 14.2 Å². The normalized spacial score (nSPS) is 13.9. The standard InChI is InChI=1S/C73H137N2O7P/c1-7-10-13-16-19-22-25-28-30-32-33-34-35-36-37-38-39-40-41-43-44-47-50-53-56-59-62-65-72(76)74-70(69-81-83(78,79)80-68-67-75(4,5)6)71(64-61-58-55-52-49-46-27-24-21-18-15-12-9-3)82-73(77)66-63-60-57-54-51-48-45-42-31-29-26-23-20-17-14-11-8-2/h19,22,28,30,33-34,36-37,61,64,70-71H,7-18,20-21,23-27,29,31-32,35,38-60,62-63,65-69H2,1-6H3,(H-,74,76,78,79)/b22-19-,30-28-,34-33-,37-36-,64-61-. The van der Waals surface area contributed by atoms with Crippen molar-refractivity contribution in [3.05, 3.63) is 60.8 Å². The van der Waals surface area contributed by atoms with Gasteiger partial charge in [0.05, 0.1) is 33.8 Å². The van der Waals surface area contributed by atoms with Crippen molar-refractivity contribution in [3.8, 4) is 0 Å². The first-order valence-electron chi connectivity index (χ1n) is 35.6. The lowest BCUT2D eigenvalue weighted by atomic mass is 10.0. The second-order valence-electron chi connectivity index (χ2n) is 25.4. The van der Waals surface area contributed by atoms with E-state index in [1.807, 2.05) is 33.3 Å². The maximum Gasteiger partial charge on any atom is 0.306 e. The third kappa shape index (κ3) is 64.0. The molecule has 9 nitrogen and oxygen atoms in total. The summed E-state index contributed by atoms with van der Waals surface area (Å²) < 4.78 is 30.5. The van der Waals surface area contributed by atoms with Gasteiger partial charge in [0.25, 0.3) is 7.82 Å². The van der Waals surface area contributed by atoms with Gasteiger partial charge >= 0.3 is 5.97 Å². The monoisotopic (exact) mass is 1190 g/mol. The quantitative estimate of drug-likeness (QED) is 0.0212. The Morgan fingerprint density at radius 2 is 0.735 bits per heavy atom. The van der Waals surface area contributed by atoms with Gasteiger partial charge in [0, 0.05) is 12.8 Å². The Morgan fingerprint density at radius 1 is 0.422 bits per heavy atom. The molecule has 83 heavy (non-hydrogen) atoms. The molecule has 0 aliphatic rings. The number of unbranched alkanes of at least 4 members (excludes halogenated alkanes) is 41. The van der Waals surface area contributed by atoms with Gasteiger partial charge in [-0.2, -0.15) is 0 Å². The molecule has 0 rings (SSSR count). The van der Waals surface area contributed by atoms with Crippen LogP contribution in [0.1, 0.15) is 342 Å². The summed E-state index contributed by atoms with van der Waals surface area (Å²) in [6, 6.07) is -0.890. The summed E-state index contributed by atoms with van der Waals surface area (Å²) in [5.41, 5.74) is 0. The lowest BCUT2D eigenvalue weighted by Crippen LogP contribution is -2.47. The second-order valence-corrected chi connectivity index (χ2v) is 26.8. The van der Waals surface area contributed by atoms with Crippen molar-refractivity contribution in [2.75, 3.05) is 40.9 Å². The Morgan fingerprint density at radius 3 is 1.12 bits per heavy atom. The highest BCUT2D eigenvalue weighted by atomic mass is 31.2. The van der Waals surface area contributed by atoms with E-state index in [0.29, 0.717) is 17.4 Å². The Hall–Kier alpha value is -2.29. The van der Waals surface area contributed by atoms with Crippen molar-refractivity contribution < 1.29 is 37.3 Å². The fourth-order valence-corrected chi connectivity index (χ4v) is 11.2. The summed E-state index contributed by atoms with van der Waals surface area (Å²) in [5.74, 6) is -0.529. The van der Waals surface area contributed by atoms with E-state index in [1.54, 1.807) is 0 Å². The second kappa shape index (κ2) is 62.8. The number of hydrogen-bond acceptors (Lipinski definition) is 7. The zero-order valence-electron chi connectivity index (χ0n) is 55.7. The van der Waals surface area contributed by atoms with Gasteiger partial charge in [0.2, 0.25) is 5.91 Å². The molecule has 0 aromatic heterocycles. The predicted octanol–water partition coefficient (Wildman–Crippen LogP) is 21.9. The van der Waals surface area contributed by atoms with Gasteiger partial charge in [-0.1, -0.05) is 313 Å². The van der Waals surface area contributed by atoms with Crippen LogP contribution in [0.2, 0.25) is 0 Å². The summed E-state index contributed by atoms with van der Waals surface area (Å²) in [7, 11) is 1.19. The number of rotatable bonds is 65. The van der Waals surface area contributed by atoms with Gasteiger partial charge in [0.1, 0.15) is 19.3 Å². The largest absolute Gasteiger partial charge is 0.756 e. The fourth-order valence-electron chi connectivity index (χ4n) is 10.4. The number of ether oxygens (including phenoxy) is 1. The summed E-state index contributed by atoms with van der Waals surface area (Å²) >= 11 is 0. The number of carbonyl (C=O) groups excluding carboxylic acids is 2. The minimum absolute atomic E-state index is 0.0221. The van der Waals surface area contributed by atoms with Crippen molar-refractivity contribution >= 4 is 19.7 Å². The number of carbonyl (C=O) groups is 2. The summed E-state index contributed by atoms with van der Waals surface area (Å²) in [4.78, 5) is 40.2. The van der Waals surface area contributed by atoms with Crippen LogP contribution in [0.15, 0.2) is 60.8 Å². The number of nitrogens with one attached hydrogen (secondary N) is 1. The van der Waals surface area contributed by atoms with E-state index in [-0.39, 0.29) is 31.5 Å². The molecule has 0 aliphatic carbocycles. The van der Waals surface area contributed by atoms with Crippen molar-refractivity contribution in [1.82, 2.24) is 5.32 Å². The molecule has 486 valence electrons. The third-order valence-electron chi connectivity index (χ3n) is 16.0. The van der Waals surface area contributed by atoms with Crippen LogP contribution in [0.4, 0.5) is 0 Å². The Labute approximate surface area is 515 Å². The summed E-state index contributed by atoms with van der Waals surface area (Å²) in [5, 5.41) is 3.05. The zero-order chi connectivity index (χ0) is 60.7. The van der Waals surface area contributed by atoms with E-state index in [0.717, 1.165) is 77.0 Å².